The number of carbonyl (C=O) groups excluding carboxylic acids is 1. The molecule has 0 unspecified atom stereocenters. The third-order valence-corrected chi connectivity index (χ3v) is 2.87. The van der Waals surface area contributed by atoms with E-state index in [9.17, 15) is 14.9 Å². The third kappa shape index (κ3) is 2.03. The van der Waals surface area contributed by atoms with Crippen molar-refractivity contribution in [1.82, 2.24) is 4.98 Å². The molecular weight excluding hydrogens is 260 g/mol. The van der Waals surface area contributed by atoms with Crippen LogP contribution in [-0.4, -0.2) is 15.9 Å². The van der Waals surface area contributed by atoms with Crippen LogP contribution in [0.25, 0.3) is 11.8 Å². The standard InChI is InChI=1S/C14H8N2O4/c17-14-11-2-1-7-15-13(11)12(20-14)8-9-3-5-10(6-4-9)16(18)19/h1-8H. The minimum Gasteiger partial charge on any atom is -0.421 e. The van der Waals surface area contributed by atoms with Gasteiger partial charge in [0, 0.05) is 18.3 Å². The van der Waals surface area contributed by atoms with Gasteiger partial charge in [0.2, 0.25) is 0 Å². The number of ether oxygens (including phenoxy) is 1. The molecule has 98 valence electrons. The van der Waals surface area contributed by atoms with Crippen LogP contribution < -0.4 is 0 Å². The average Bonchev–Trinajstić information content (AvgIpc) is 2.77. The summed E-state index contributed by atoms with van der Waals surface area (Å²) in [5.41, 5.74) is 1.60. The largest absolute Gasteiger partial charge is 0.421 e. The number of carbonyl (C=O) groups is 1. The second-order valence-electron chi connectivity index (χ2n) is 4.15. The first-order valence-corrected chi connectivity index (χ1v) is 5.79. The Bertz CT molecular complexity index is 735. The van der Waals surface area contributed by atoms with Crippen molar-refractivity contribution in [3.05, 3.63) is 69.5 Å². The molecule has 2 aromatic rings. The summed E-state index contributed by atoms with van der Waals surface area (Å²) in [6.45, 7) is 0. The lowest BCUT2D eigenvalue weighted by molar-refractivity contribution is -0.384. The summed E-state index contributed by atoms with van der Waals surface area (Å²) in [4.78, 5) is 25.8. The minimum atomic E-state index is -0.469. The summed E-state index contributed by atoms with van der Waals surface area (Å²) in [6.07, 6.45) is 3.20. The second kappa shape index (κ2) is 4.58. The van der Waals surface area contributed by atoms with Gasteiger partial charge in [0.25, 0.3) is 5.69 Å². The van der Waals surface area contributed by atoms with Crippen LogP contribution >= 0.6 is 0 Å². The number of esters is 1. The van der Waals surface area contributed by atoms with Gasteiger partial charge < -0.3 is 4.74 Å². The molecule has 0 radical (unpaired) electrons. The molecule has 1 aromatic carbocycles. The molecule has 0 saturated carbocycles. The fraction of sp³-hybridized carbons (Fsp3) is 0. The number of rotatable bonds is 2. The van der Waals surface area contributed by atoms with E-state index in [1.54, 1.807) is 36.5 Å². The summed E-state index contributed by atoms with van der Waals surface area (Å²) in [5, 5.41) is 10.6. The van der Waals surface area contributed by atoms with Gasteiger partial charge >= 0.3 is 5.97 Å². The zero-order chi connectivity index (χ0) is 14.1. The molecule has 0 amide bonds. The van der Waals surface area contributed by atoms with Crippen molar-refractivity contribution in [2.24, 2.45) is 0 Å². The monoisotopic (exact) mass is 268 g/mol. The van der Waals surface area contributed by atoms with Gasteiger partial charge in [-0.25, -0.2) is 4.79 Å². The topological polar surface area (TPSA) is 82.3 Å². The fourth-order valence-electron chi connectivity index (χ4n) is 1.91. The highest BCUT2D eigenvalue weighted by Gasteiger charge is 2.27. The molecule has 6 heteroatoms. The molecular formula is C14H8N2O4. The van der Waals surface area contributed by atoms with E-state index in [-0.39, 0.29) is 5.69 Å². The van der Waals surface area contributed by atoms with E-state index in [1.807, 2.05) is 0 Å². The molecule has 0 aliphatic carbocycles. The Morgan fingerprint density at radius 3 is 2.65 bits per heavy atom. The molecule has 2 heterocycles. The zero-order valence-electron chi connectivity index (χ0n) is 10.1. The normalized spacial score (nSPS) is 15.0. The van der Waals surface area contributed by atoms with Gasteiger partial charge in [0.1, 0.15) is 5.69 Å². The van der Waals surface area contributed by atoms with Crippen LogP contribution in [0.5, 0.6) is 0 Å². The lowest BCUT2D eigenvalue weighted by atomic mass is 10.1. The van der Waals surface area contributed by atoms with Crippen molar-refractivity contribution in [3.8, 4) is 0 Å². The van der Waals surface area contributed by atoms with E-state index in [0.717, 1.165) is 0 Å². The lowest BCUT2D eigenvalue weighted by Crippen LogP contribution is -1.92. The van der Waals surface area contributed by atoms with E-state index in [2.05, 4.69) is 4.98 Å². The highest BCUT2D eigenvalue weighted by Crippen LogP contribution is 2.29. The maximum absolute atomic E-state index is 11.6. The summed E-state index contributed by atoms with van der Waals surface area (Å²) >= 11 is 0. The molecule has 0 bridgehead atoms. The van der Waals surface area contributed by atoms with E-state index in [4.69, 9.17) is 4.74 Å². The van der Waals surface area contributed by atoms with Gasteiger partial charge in [-0.1, -0.05) is 0 Å². The molecule has 0 saturated heterocycles. The SMILES string of the molecule is O=C1OC(=Cc2ccc([N+](=O)[O-])cc2)c2ncccc21. The van der Waals surface area contributed by atoms with E-state index >= 15 is 0 Å². The van der Waals surface area contributed by atoms with E-state index in [1.165, 1.54) is 12.1 Å². The van der Waals surface area contributed by atoms with Crippen molar-refractivity contribution in [2.75, 3.05) is 0 Å². The second-order valence-corrected chi connectivity index (χ2v) is 4.15. The highest BCUT2D eigenvalue weighted by molar-refractivity contribution is 6.04. The van der Waals surface area contributed by atoms with Crippen molar-refractivity contribution in [3.63, 3.8) is 0 Å². The highest BCUT2D eigenvalue weighted by atomic mass is 16.6. The number of nitrogens with zero attached hydrogens (tertiary/aromatic N) is 2. The third-order valence-electron chi connectivity index (χ3n) is 2.87. The van der Waals surface area contributed by atoms with Crippen LogP contribution in [0, 0.1) is 10.1 Å². The van der Waals surface area contributed by atoms with Crippen LogP contribution in [0.1, 0.15) is 21.6 Å². The van der Waals surface area contributed by atoms with E-state index in [0.29, 0.717) is 22.6 Å². The Kier molecular flexibility index (Phi) is 2.76. The van der Waals surface area contributed by atoms with Crippen molar-refractivity contribution < 1.29 is 14.5 Å². The fourth-order valence-corrected chi connectivity index (χ4v) is 1.91. The van der Waals surface area contributed by atoms with Crippen LogP contribution in [0.3, 0.4) is 0 Å². The molecule has 0 fully saturated rings. The number of benzene rings is 1. The maximum Gasteiger partial charge on any atom is 0.345 e. The Labute approximate surface area is 113 Å². The quantitative estimate of drug-likeness (QED) is 0.475. The van der Waals surface area contributed by atoms with Crippen LogP contribution in [0.4, 0.5) is 5.69 Å². The smallest absolute Gasteiger partial charge is 0.345 e. The first-order chi connectivity index (χ1) is 9.65. The van der Waals surface area contributed by atoms with Crippen LogP contribution in [0.2, 0.25) is 0 Å². The molecule has 1 aliphatic heterocycles. The minimum absolute atomic E-state index is 0.00842. The van der Waals surface area contributed by atoms with E-state index < -0.39 is 10.9 Å². The lowest BCUT2D eigenvalue weighted by Gasteiger charge is -1.98. The van der Waals surface area contributed by atoms with Crippen molar-refractivity contribution in [2.45, 2.75) is 0 Å². The van der Waals surface area contributed by atoms with Gasteiger partial charge in [0.15, 0.2) is 5.76 Å². The molecule has 3 rings (SSSR count). The number of aromatic nitrogens is 1. The van der Waals surface area contributed by atoms with Crippen LogP contribution in [-0.2, 0) is 4.74 Å². The zero-order valence-corrected chi connectivity index (χ0v) is 10.1. The Balaban J connectivity index is 1.98. The number of pyridine rings is 1. The summed E-state index contributed by atoms with van der Waals surface area (Å²) in [7, 11) is 0. The van der Waals surface area contributed by atoms with Crippen LogP contribution in [0.15, 0.2) is 42.6 Å². The number of fused-ring (bicyclic) bond motifs is 1. The average molecular weight is 268 g/mol. The van der Waals surface area contributed by atoms with Crippen molar-refractivity contribution in [1.29, 1.82) is 0 Å². The number of non-ortho nitro benzene ring substituents is 1. The predicted molar refractivity (Wildman–Crippen MR) is 70.6 cm³/mol. The maximum atomic E-state index is 11.6. The molecule has 1 aliphatic rings. The Hall–Kier alpha value is -3.02. The Morgan fingerprint density at radius 1 is 1.20 bits per heavy atom. The summed E-state index contributed by atoms with van der Waals surface area (Å²) < 4.78 is 5.14. The number of nitro groups is 1. The number of nitro benzene ring substituents is 1. The van der Waals surface area contributed by atoms with Crippen molar-refractivity contribution >= 4 is 23.5 Å². The van der Waals surface area contributed by atoms with Gasteiger partial charge in [-0.2, -0.15) is 0 Å². The number of hydrogen-bond donors (Lipinski definition) is 0. The number of hydrogen-bond acceptors (Lipinski definition) is 5. The molecule has 20 heavy (non-hydrogen) atoms. The Morgan fingerprint density at radius 2 is 1.95 bits per heavy atom. The van der Waals surface area contributed by atoms with Gasteiger partial charge in [-0.3, -0.25) is 15.1 Å². The molecule has 1 aromatic heterocycles. The predicted octanol–water partition coefficient (Wildman–Crippen LogP) is 2.66. The molecule has 0 atom stereocenters. The van der Waals surface area contributed by atoms with Gasteiger partial charge in [0.05, 0.1) is 10.5 Å². The first kappa shape index (κ1) is 12.0. The number of cyclic esters (lactones) is 1. The molecule has 0 spiro atoms. The molecule has 6 nitrogen and oxygen atoms in total. The first-order valence-electron chi connectivity index (χ1n) is 5.79. The van der Waals surface area contributed by atoms with Gasteiger partial charge in [-0.15, -0.1) is 0 Å². The summed E-state index contributed by atoms with van der Waals surface area (Å²) in [5.74, 6) is -0.0966. The summed E-state index contributed by atoms with van der Waals surface area (Å²) in [6, 6.07) is 9.25. The molecule has 0 N–H and O–H groups in total. The van der Waals surface area contributed by atoms with Gasteiger partial charge in [-0.05, 0) is 35.9 Å².